The molecular formula is C12H11ClF4O2. The van der Waals surface area contributed by atoms with Crippen LogP contribution in [0.3, 0.4) is 0 Å². The molecule has 0 saturated heterocycles. The fraction of sp³-hybridized carbons (Fsp3) is 0.417. The molecule has 0 amide bonds. The van der Waals surface area contributed by atoms with Crippen LogP contribution >= 0.6 is 11.6 Å². The predicted molar refractivity (Wildman–Crippen MR) is 62.3 cm³/mol. The molecule has 1 rings (SSSR count). The van der Waals surface area contributed by atoms with Crippen LogP contribution in [0.5, 0.6) is 5.75 Å². The first-order valence-corrected chi connectivity index (χ1v) is 5.94. The van der Waals surface area contributed by atoms with Gasteiger partial charge in [0.15, 0.2) is 5.78 Å². The lowest BCUT2D eigenvalue weighted by Crippen LogP contribution is -2.33. The van der Waals surface area contributed by atoms with E-state index < -0.39 is 18.3 Å². The lowest BCUT2D eigenvalue weighted by molar-refractivity contribution is -0.253. The molecule has 0 atom stereocenters. The average Bonchev–Trinajstić information content (AvgIpc) is 2.35. The van der Waals surface area contributed by atoms with Crippen molar-refractivity contribution in [2.75, 3.05) is 5.88 Å². The monoisotopic (exact) mass is 298 g/mol. The minimum absolute atomic E-state index is 0.118. The lowest BCUT2D eigenvalue weighted by atomic mass is 10.1. The van der Waals surface area contributed by atoms with Crippen LogP contribution < -0.4 is 4.74 Å². The third-order valence-corrected chi connectivity index (χ3v) is 2.47. The zero-order chi connectivity index (χ0) is 14.5. The molecule has 0 aromatic heterocycles. The SMILES string of the molecule is O=C(CCCCl)c1cccc(OC(F)(F)C(F)F)c1. The Kier molecular flexibility index (Phi) is 5.60. The van der Waals surface area contributed by atoms with Crippen LogP contribution in [0.2, 0.25) is 0 Å². The van der Waals surface area contributed by atoms with Gasteiger partial charge in [0.25, 0.3) is 0 Å². The van der Waals surface area contributed by atoms with E-state index in [0.717, 1.165) is 12.1 Å². The molecule has 2 nitrogen and oxygen atoms in total. The molecule has 106 valence electrons. The van der Waals surface area contributed by atoms with E-state index in [1.165, 1.54) is 12.1 Å². The van der Waals surface area contributed by atoms with E-state index in [1.807, 2.05) is 0 Å². The van der Waals surface area contributed by atoms with Gasteiger partial charge in [-0.05, 0) is 18.6 Å². The van der Waals surface area contributed by atoms with E-state index >= 15 is 0 Å². The summed E-state index contributed by atoms with van der Waals surface area (Å²) >= 11 is 5.43. The van der Waals surface area contributed by atoms with E-state index in [9.17, 15) is 22.4 Å². The maximum absolute atomic E-state index is 12.7. The number of hydrogen-bond acceptors (Lipinski definition) is 2. The highest BCUT2D eigenvalue weighted by Gasteiger charge is 2.44. The van der Waals surface area contributed by atoms with Crippen LogP contribution in [0.15, 0.2) is 24.3 Å². The Labute approximate surface area is 112 Å². The van der Waals surface area contributed by atoms with Crippen molar-refractivity contribution in [2.45, 2.75) is 25.4 Å². The Morgan fingerprint density at radius 2 is 2.05 bits per heavy atom. The zero-order valence-corrected chi connectivity index (χ0v) is 10.5. The van der Waals surface area contributed by atoms with Crippen molar-refractivity contribution in [3.63, 3.8) is 0 Å². The smallest absolute Gasteiger partial charge is 0.428 e. The maximum Gasteiger partial charge on any atom is 0.461 e. The van der Waals surface area contributed by atoms with Crippen molar-refractivity contribution in [3.8, 4) is 5.75 Å². The zero-order valence-electron chi connectivity index (χ0n) is 9.71. The van der Waals surface area contributed by atoms with Gasteiger partial charge in [0.05, 0.1) is 0 Å². The van der Waals surface area contributed by atoms with E-state index in [0.29, 0.717) is 12.3 Å². The van der Waals surface area contributed by atoms with Crippen molar-refractivity contribution < 1.29 is 27.1 Å². The fourth-order valence-corrected chi connectivity index (χ4v) is 1.44. The summed E-state index contributed by atoms with van der Waals surface area (Å²) in [5, 5.41) is 0. The van der Waals surface area contributed by atoms with Gasteiger partial charge in [-0.3, -0.25) is 4.79 Å². The normalized spacial score (nSPS) is 11.7. The van der Waals surface area contributed by atoms with Gasteiger partial charge < -0.3 is 4.74 Å². The van der Waals surface area contributed by atoms with Gasteiger partial charge >= 0.3 is 12.5 Å². The summed E-state index contributed by atoms with van der Waals surface area (Å²) in [6, 6.07) is 4.76. The second-order valence-corrected chi connectivity index (χ2v) is 4.09. The van der Waals surface area contributed by atoms with E-state index in [4.69, 9.17) is 11.6 Å². The molecule has 0 N–H and O–H groups in total. The fourth-order valence-electron chi connectivity index (χ4n) is 1.31. The third kappa shape index (κ3) is 4.70. The van der Waals surface area contributed by atoms with Gasteiger partial charge in [-0.2, -0.15) is 17.6 Å². The number of carbonyl (C=O) groups is 1. The summed E-state index contributed by atoms with van der Waals surface area (Å²) in [5.41, 5.74) is 0.118. The van der Waals surface area contributed by atoms with Crippen LogP contribution in [0.1, 0.15) is 23.2 Å². The highest BCUT2D eigenvalue weighted by molar-refractivity contribution is 6.18. The standard InChI is InChI=1S/C12H11ClF4O2/c13-6-2-5-10(18)8-3-1-4-9(7-8)19-12(16,17)11(14)15/h1,3-4,7,11H,2,5-6H2. The van der Waals surface area contributed by atoms with Gasteiger partial charge in [-0.25, -0.2) is 0 Å². The summed E-state index contributed by atoms with van der Waals surface area (Å²) in [7, 11) is 0. The molecule has 7 heteroatoms. The topological polar surface area (TPSA) is 26.3 Å². The molecular weight excluding hydrogens is 288 g/mol. The first kappa shape index (κ1) is 15.8. The predicted octanol–water partition coefficient (Wildman–Crippen LogP) is 4.13. The van der Waals surface area contributed by atoms with E-state index in [2.05, 4.69) is 4.74 Å². The first-order valence-electron chi connectivity index (χ1n) is 5.41. The molecule has 1 aromatic rings. The minimum atomic E-state index is -4.59. The second-order valence-electron chi connectivity index (χ2n) is 3.71. The number of carbonyl (C=O) groups excluding carboxylic acids is 1. The van der Waals surface area contributed by atoms with Crippen molar-refractivity contribution in [2.24, 2.45) is 0 Å². The van der Waals surface area contributed by atoms with Crippen molar-refractivity contribution in [1.82, 2.24) is 0 Å². The highest BCUT2D eigenvalue weighted by atomic mass is 35.5. The van der Waals surface area contributed by atoms with Crippen molar-refractivity contribution in [3.05, 3.63) is 29.8 Å². The first-order chi connectivity index (χ1) is 8.86. The van der Waals surface area contributed by atoms with Crippen LogP contribution in [0.25, 0.3) is 0 Å². The number of Topliss-reactive ketones (excluding diaryl/α,β-unsaturated/α-hetero) is 1. The van der Waals surface area contributed by atoms with Crippen LogP contribution in [-0.2, 0) is 0 Å². The number of ether oxygens (including phenoxy) is 1. The van der Waals surface area contributed by atoms with Crippen molar-refractivity contribution >= 4 is 17.4 Å². The maximum atomic E-state index is 12.7. The summed E-state index contributed by atoms with van der Waals surface area (Å²) in [4.78, 5) is 11.6. The third-order valence-electron chi connectivity index (χ3n) is 2.20. The van der Waals surface area contributed by atoms with Crippen molar-refractivity contribution in [1.29, 1.82) is 0 Å². The van der Waals surface area contributed by atoms with E-state index in [1.54, 1.807) is 0 Å². The number of benzene rings is 1. The van der Waals surface area contributed by atoms with Crippen LogP contribution in [-0.4, -0.2) is 24.2 Å². The molecule has 0 bridgehead atoms. The Morgan fingerprint density at radius 3 is 2.63 bits per heavy atom. The Hall–Kier alpha value is -1.30. The molecule has 0 radical (unpaired) electrons. The molecule has 1 aromatic carbocycles. The molecule has 0 unspecified atom stereocenters. The second kappa shape index (κ2) is 6.75. The number of ketones is 1. The molecule has 0 aliphatic carbocycles. The summed E-state index contributed by atoms with van der Waals surface area (Å²) in [6.07, 6.45) is -7.93. The largest absolute Gasteiger partial charge is 0.461 e. The van der Waals surface area contributed by atoms with Gasteiger partial charge in [-0.15, -0.1) is 11.6 Å². The van der Waals surface area contributed by atoms with Gasteiger partial charge in [0.1, 0.15) is 5.75 Å². The molecule has 0 saturated carbocycles. The quantitative estimate of drug-likeness (QED) is 0.430. The van der Waals surface area contributed by atoms with Gasteiger partial charge in [-0.1, -0.05) is 12.1 Å². The number of halogens is 5. The highest BCUT2D eigenvalue weighted by Crippen LogP contribution is 2.28. The Balaban J connectivity index is 2.80. The molecule has 0 fully saturated rings. The number of alkyl halides is 5. The Morgan fingerprint density at radius 1 is 1.37 bits per heavy atom. The molecule has 0 heterocycles. The number of hydrogen-bond donors (Lipinski definition) is 0. The molecule has 0 aliphatic heterocycles. The molecule has 19 heavy (non-hydrogen) atoms. The van der Waals surface area contributed by atoms with Crippen LogP contribution in [0, 0.1) is 0 Å². The lowest BCUT2D eigenvalue weighted by Gasteiger charge is -2.17. The Bertz CT molecular complexity index is 437. The summed E-state index contributed by atoms with van der Waals surface area (Å²) < 4.78 is 53.2. The van der Waals surface area contributed by atoms with Gasteiger partial charge in [0, 0.05) is 17.9 Å². The molecule has 0 spiro atoms. The summed E-state index contributed by atoms with van der Waals surface area (Å²) in [5.74, 6) is -0.501. The van der Waals surface area contributed by atoms with Crippen LogP contribution in [0.4, 0.5) is 17.6 Å². The molecule has 0 aliphatic rings. The number of rotatable bonds is 7. The van der Waals surface area contributed by atoms with E-state index in [-0.39, 0.29) is 17.8 Å². The minimum Gasteiger partial charge on any atom is -0.428 e. The van der Waals surface area contributed by atoms with Gasteiger partial charge in [0.2, 0.25) is 0 Å². The average molecular weight is 299 g/mol. The summed E-state index contributed by atoms with van der Waals surface area (Å²) in [6.45, 7) is 0.